The molecule has 2 rings (SSSR count). The molecule has 0 amide bonds. The predicted octanol–water partition coefficient (Wildman–Crippen LogP) is 2.23. The molecule has 2 atom stereocenters. The third kappa shape index (κ3) is 3.03. The van der Waals surface area contributed by atoms with Gasteiger partial charge in [-0.25, -0.2) is 0 Å². The van der Waals surface area contributed by atoms with Gasteiger partial charge < -0.3 is 14.7 Å². The summed E-state index contributed by atoms with van der Waals surface area (Å²) >= 11 is 0. The third-order valence-electron chi connectivity index (χ3n) is 3.41. The first kappa shape index (κ1) is 13.4. The number of aliphatic hydroxyl groups excluding tert-OH is 1. The molecule has 0 aliphatic carbocycles. The molecule has 1 N–H and O–H groups in total. The lowest BCUT2D eigenvalue weighted by atomic mass is 10.1. The van der Waals surface area contributed by atoms with Gasteiger partial charge >= 0.3 is 0 Å². The van der Waals surface area contributed by atoms with Crippen molar-refractivity contribution in [2.75, 3.05) is 24.7 Å². The van der Waals surface area contributed by atoms with Crippen LogP contribution in [0.15, 0.2) is 24.3 Å². The fourth-order valence-corrected chi connectivity index (χ4v) is 2.55. The molecule has 0 radical (unpaired) electrons. The van der Waals surface area contributed by atoms with E-state index in [0.717, 1.165) is 19.4 Å². The van der Waals surface area contributed by atoms with Crippen molar-refractivity contribution in [1.82, 2.24) is 0 Å². The Morgan fingerprint density at radius 2 is 2.22 bits per heavy atom. The fraction of sp³-hybridized carbons (Fsp3) is 0.600. The van der Waals surface area contributed by atoms with Crippen LogP contribution in [0.25, 0.3) is 0 Å². The average molecular weight is 249 g/mol. The van der Waals surface area contributed by atoms with Crippen LogP contribution in [0.5, 0.6) is 0 Å². The second-order valence-corrected chi connectivity index (χ2v) is 5.06. The lowest BCUT2D eigenvalue weighted by molar-refractivity contribution is 0.0402. The van der Waals surface area contributed by atoms with E-state index >= 15 is 0 Å². The van der Waals surface area contributed by atoms with Gasteiger partial charge in [-0.3, -0.25) is 0 Å². The summed E-state index contributed by atoms with van der Waals surface area (Å²) in [5.74, 6) is 0. The standard InChI is InChI=1S/C15H23NO2/c1-3-8-18-11-14(17)10-16-12(2)9-13-6-4-5-7-15(13)16/h4-7,12,14,17H,3,8-11H2,1-2H3. The highest BCUT2D eigenvalue weighted by molar-refractivity contribution is 5.59. The van der Waals surface area contributed by atoms with Gasteiger partial charge in [-0.05, 0) is 31.4 Å². The minimum absolute atomic E-state index is 0.412. The van der Waals surface area contributed by atoms with Gasteiger partial charge in [-0.2, -0.15) is 0 Å². The number of hydrogen-bond donors (Lipinski definition) is 1. The van der Waals surface area contributed by atoms with E-state index in [1.807, 2.05) is 0 Å². The van der Waals surface area contributed by atoms with Crippen LogP contribution >= 0.6 is 0 Å². The molecule has 0 saturated heterocycles. The average Bonchev–Trinajstić information content (AvgIpc) is 2.67. The maximum absolute atomic E-state index is 10.0. The van der Waals surface area contributed by atoms with Crippen molar-refractivity contribution in [3.8, 4) is 0 Å². The molecule has 1 aliphatic rings. The molecule has 0 aromatic heterocycles. The molecule has 100 valence electrons. The van der Waals surface area contributed by atoms with Crippen molar-refractivity contribution in [3.63, 3.8) is 0 Å². The smallest absolute Gasteiger partial charge is 0.0948 e. The molecule has 18 heavy (non-hydrogen) atoms. The molecule has 1 heterocycles. The molecular weight excluding hydrogens is 226 g/mol. The molecule has 1 aliphatic heterocycles. The van der Waals surface area contributed by atoms with Crippen LogP contribution in [-0.4, -0.2) is 37.0 Å². The van der Waals surface area contributed by atoms with E-state index in [1.54, 1.807) is 0 Å². The first-order valence-corrected chi connectivity index (χ1v) is 6.82. The minimum atomic E-state index is -0.412. The van der Waals surface area contributed by atoms with E-state index in [0.29, 0.717) is 19.2 Å². The number of hydrogen-bond acceptors (Lipinski definition) is 3. The van der Waals surface area contributed by atoms with Crippen LogP contribution < -0.4 is 4.90 Å². The van der Waals surface area contributed by atoms with E-state index < -0.39 is 6.10 Å². The third-order valence-corrected chi connectivity index (χ3v) is 3.41. The van der Waals surface area contributed by atoms with Crippen LogP contribution in [0, 0.1) is 0 Å². The minimum Gasteiger partial charge on any atom is -0.389 e. The molecule has 3 nitrogen and oxygen atoms in total. The lowest BCUT2D eigenvalue weighted by Gasteiger charge is -2.27. The monoisotopic (exact) mass is 249 g/mol. The zero-order valence-electron chi connectivity index (χ0n) is 11.3. The van der Waals surface area contributed by atoms with Crippen LogP contribution in [0.2, 0.25) is 0 Å². The van der Waals surface area contributed by atoms with Crippen LogP contribution in [0.3, 0.4) is 0 Å². The van der Waals surface area contributed by atoms with E-state index in [-0.39, 0.29) is 0 Å². The Morgan fingerprint density at radius 1 is 1.44 bits per heavy atom. The number of ether oxygens (including phenoxy) is 1. The highest BCUT2D eigenvalue weighted by Crippen LogP contribution is 2.31. The number of rotatable bonds is 6. The summed E-state index contributed by atoms with van der Waals surface area (Å²) in [4.78, 5) is 2.29. The Morgan fingerprint density at radius 3 is 3.00 bits per heavy atom. The summed E-state index contributed by atoms with van der Waals surface area (Å²) < 4.78 is 5.40. The fourth-order valence-electron chi connectivity index (χ4n) is 2.55. The van der Waals surface area contributed by atoms with Gasteiger partial charge in [0.05, 0.1) is 12.7 Å². The predicted molar refractivity (Wildman–Crippen MR) is 74.1 cm³/mol. The Labute approximate surface area is 109 Å². The largest absolute Gasteiger partial charge is 0.389 e. The highest BCUT2D eigenvalue weighted by Gasteiger charge is 2.26. The topological polar surface area (TPSA) is 32.7 Å². The lowest BCUT2D eigenvalue weighted by Crippen LogP contribution is -2.38. The number of β-amino-alcohol motifs (C(OH)–C–C–N with tert-alkyl or cyclic N) is 1. The van der Waals surface area contributed by atoms with Crippen molar-refractivity contribution in [3.05, 3.63) is 29.8 Å². The van der Waals surface area contributed by atoms with Gasteiger partial charge in [0, 0.05) is 24.9 Å². The number of para-hydroxylation sites is 1. The molecule has 2 unspecified atom stereocenters. The van der Waals surface area contributed by atoms with Gasteiger partial charge in [0.25, 0.3) is 0 Å². The summed E-state index contributed by atoms with van der Waals surface area (Å²) in [7, 11) is 0. The van der Waals surface area contributed by atoms with E-state index in [1.165, 1.54) is 11.3 Å². The summed E-state index contributed by atoms with van der Waals surface area (Å²) in [5.41, 5.74) is 2.64. The first-order chi connectivity index (χ1) is 8.72. The van der Waals surface area contributed by atoms with Crippen molar-refractivity contribution >= 4 is 5.69 Å². The van der Waals surface area contributed by atoms with Gasteiger partial charge in [0.15, 0.2) is 0 Å². The molecule has 0 bridgehead atoms. The number of nitrogens with zero attached hydrogens (tertiary/aromatic N) is 1. The van der Waals surface area contributed by atoms with E-state index in [9.17, 15) is 5.11 Å². The van der Waals surface area contributed by atoms with Crippen molar-refractivity contribution in [2.45, 2.75) is 38.8 Å². The Balaban J connectivity index is 1.93. The van der Waals surface area contributed by atoms with E-state index in [4.69, 9.17) is 4.74 Å². The maximum atomic E-state index is 10.0. The van der Waals surface area contributed by atoms with Gasteiger partial charge in [-0.15, -0.1) is 0 Å². The zero-order chi connectivity index (χ0) is 13.0. The normalized spacial score (nSPS) is 19.9. The highest BCUT2D eigenvalue weighted by atomic mass is 16.5. The SMILES string of the molecule is CCCOCC(O)CN1c2ccccc2CC1C. The first-order valence-electron chi connectivity index (χ1n) is 6.82. The Kier molecular flexibility index (Phi) is 4.61. The van der Waals surface area contributed by atoms with Gasteiger partial charge in [0.1, 0.15) is 0 Å². The summed E-state index contributed by atoms with van der Waals surface area (Å²) in [5, 5.41) is 10.0. The van der Waals surface area contributed by atoms with Crippen LogP contribution in [0.1, 0.15) is 25.8 Å². The number of benzene rings is 1. The van der Waals surface area contributed by atoms with Crippen molar-refractivity contribution in [2.24, 2.45) is 0 Å². The number of anilines is 1. The van der Waals surface area contributed by atoms with Gasteiger partial charge in [0.2, 0.25) is 0 Å². The second kappa shape index (κ2) is 6.21. The number of fused-ring (bicyclic) bond motifs is 1. The zero-order valence-corrected chi connectivity index (χ0v) is 11.3. The summed E-state index contributed by atoms with van der Waals surface area (Å²) in [6.07, 6.45) is 1.65. The summed E-state index contributed by atoms with van der Waals surface area (Å²) in [6, 6.07) is 8.91. The Hall–Kier alpha value is -1.06. The molecule has 1 aromatic rings. The molecule has 0 fully saturated rings. The molecule has 0 spiro atoms. The molecule has 0 saturated carbocycles. The molecule has 1 aromatic carbocycles. The number of aliphatic hydroxyl groups is 1. The second-order valence-electron chi connectivity index (χ2n) is 5.06. The molecular formula is C15H23NO2. The van der Waals surface area contributed by atoms with Crippen molar-refractivity contribution < 1.29 is 9.84 Å². The van der Waals surface area contributed by atoms with Gasteiger partial charge in [-0.1, -0.05) is 25.1 Å². The Bertz CT molecular complexity index is 381. The van der Waals surface area contributed by atoms with Crippen LogP contribution in [-0.2, 0) is 11.2 Å². The summed E-state index contributed by atoms with van der Waals surface area (Å²) in [6.45, 7) is 6.09. The molecule has 3 heteroatoms. The van der Waals surface area contributed by atoms with E-state index in [2.05, 4.69) is 43.0 Å². The quantitative estimate of drug-likeness (QED) is 0.785. The maximum Gasteiger partial charge on any atom is 0.0948 e. The van der Waals surface area contributed by atoms with Crippen molar-refractivity contribution in [1.29, 1.82) is 0 Å². The van der Waals surface area contributed by atoms with Crippen LogP contribution in [0.4, 0.5) is 5.69 Å².